The molecule has 0 aliphatic heterocycles. The number of thioether (sulfide) groups is 1. The van der Waals surface area contributed by atoms with E-state index in [0.29, 0.717) is 17.1 Å². The van der Waals surface area contributed by atoms with Crippen LogP contribution in [0, 0.1) is 0 Å². The van der Waals surface area contributed by atoms with Crippen LogP contribution in [0.5, 0.6) is 5.75 Å². The van der Waals surface area contributed by atoms with E-state index in [0.717, 1.165) is 24.6 Å². The minimum Gasteiger partial charge on any atom is -0.490 e. The summed E-state index contributed by atoms with van der Waals surface area (Å²) in [6.45, 7) is 1.79. The van der Waals surface area contributed by atoms with Gasteiger partial charge < -0.3 is 4.74 Å². The number of ketones is 2. The van der Waals surface area contributed by atoms with Gasteiger partial charge in [0.2, 0.25) is 5.78 Å². The van der Waals surface area contributed by atoms with E-state index in [-0.39, 0.29) is 18.3 Å². The molecule has 2 aromatic carbocycles. The Morgan fingerprint density at radius 3 is 2.19 bits per heavy atom. The maximum Gasteiger partial charge on any atom is 0.255 e. The summed E-state index contributed by atoms with van der Waals surface area (Å²) in [6.07, 6.45) is 1.47. The SMILES string of the molecule is CCSC(=O)C(=O)CC(=O)c1ccc(OC2Cc3ccccc3C2)cc1. The fraction of sp³-hybridized carbons (Fsp3) is 0.286. The number of rotatable bonds is 7. The Balaban J connectivity index is 1.56. The Labute approximate surface area is 156 Å². The molecule has 4 nitrogen and oxygen atoms in total. The van der Waals surface area contributed by atoms with Gasteiger partial charge in [0.05, 0.1) is 6.42 Å². The van der Waals surface area contributed by atoms with Gasteiger partial charge in [-0.25, -0.2) is 0 Å². The van der Waals surface area contributed by atoms with E-state index in [9.17, 15) is 14.4 Å². The number of hydrogen-bond donors (Lipinski definition) is 0. The Morgan fingerprint density at radius 1 is 1.00 bits per heavy atom. The van der Waals surface area contributed by atoms with Gasteiger partial charge in [-0.1, -0.05) is 43.0 Å². The molecule has 134 valence electrons. The molecule has 0 aromatic heterocycles. The van der Waals surface area contributed by atoms with Gasteiger partial charge in [0.1, 0.15) is 11.9 Å². The second-order valence-electron chi connectivity index (χ2n) is 6.18. The molecule has 0 bridgehead atoms. The normalized spacial score (nSPS) is 13.3. The minimum atomic E-state index is -0.647. The van der Waals surface area contributed by atoms with Gasteiger partial charge in [-0.3, -0.25) is 14.4 Å². The van der Waals surface area contributed by atoms with Crippen molar-refractivity contribution in [2.45, 2.75) is 32.3 Å². The van der Waals surface area contributed by atoms with Crippen LogP contribution >= 0.6 is 11.8 Å². The summed E-state index contributed by atoms with van der Waals surface area (Å²) in [7, 11) is 0. The van der Waals surface area contributed by atoms with E-state index in [1.54, 1.807) is 31.2 Å². The zero-order valence-electron chi connectivity index (χ0n) is 14.6. The van der Waals surface area contributed by atoms with Crippen LogP contribution in [0.2, 0.25) is 0 Å². The minimum absolute atomic E-state index is 0.0965. The van der Waals surface area contributed by atoms with Gasteiger partial charge in [0.25, 0.3) is 5.12 Å². The van der Waals surface area contributed by atoms with E-state index >= 15 is 0 Å². The molecule has 0 N–H and O–H groups in total. The lowest BCUT2D eigenvalue weighted by Gasteiger charge is -2.13. The van der Waals surface area contributed by atoms with Gasteiger partial charge in [-0.2, -0.15) is 0 Å². The zero-order chi connectivity index (χ0) is 18.5. The number of carbonyl (C=O) groups excluding carboxylic acids is 3. The van der Waals surface area contributed by atoms with Crippen molar-refractivity contribution < 1.29 is 19.1 Å². The topological polar surface area (TPSA) is 60.4 Å². The molecule has 0 heterocycles. The first-order valence-electron chi connectivity index (χ1n) is 8.63. The van der Waals surface area contributed by atoms with Crippen molar-refractivity contribution in [3.63, 3.8) is 0 Å². The highest BCUT2D eigenvalue weighted by Gasteiger charge is 2.23. The average molecular weight is 368 g/mol. The number of fused-ring (bicyclic) bond motifs is 1. The standard InChI is InChI=1S/C21H20O4S/c1-2-26-21(24)20(23)13-19(22)14-7-9-17(10-8-14)25-18-11-15-5-3-4-6-16(15)12-18/h3-10,18H,2,11-13H2,1H3. The van der Waals surface area contributed by atoms with Crippen LogP contribution in [0.3, 0.4) is 0 Å². The number of ether oxygens (including phenoxy) is 1. The molecular weight excluding hydrogens is 348 g/mol. The predicted molar refractivity (Wildman–Crippen MR) is 102 cm³/mol. The molecule has 2 aromatic rings. The van der Waals surface area contributed by atoms with Crippen LogP contribution < -0.4 is 4.74 Å². The Kier molecular flexibility index (Phi) is 5.89. The number of hydrogen-bond acceptors (Lipinski definition) is 5. The van der Waals surface area contributed by atoms with Crippen molar-refractivity contribution in [1.82, 2.24) is 0 Å². The van der Waals surface area contributed by atoms with E-state index in [1.807, 2.05) is 12.1 Å². The zero-order valence-corrected chi connectivity index (χ0v) is 15.4. The van der Waals surface area contributed by atoms with Crippen molar-refractivity contribution >= 4 is 28.4 Å². The second kappa shape index (κ2) is 8.32. The maximum atomic E-state index is 12.1. The van der Waals surface area contributed by atoms with Gasteiger partial charge in [-0.05, 0) is 41.1 Å². The molecule has 0 atom stereocenters. The summed E-state index contributed by atoms with van der Waals surface area (Å²) in [4.78, 5) is 35.3. The quantitative estimate of drug-likeness (QED) is 0.424. The molecule has 0 unspecified atom stereocenters. The fourth-order valence-corrected chi connectivity index (χ4v) is 3.54. The highest BCUT2D eigenvalue weighted by molar-refractivity contribution is 8.15. The molecule has 0 spiro atoms. The monoisotopic (exact) mass is 368 g/mol. The van der Waals surface area contributed by atoms with Gasteiger partial charge in [0.15, 0.2) is 5.78 Å². The smallest absolute Gasteiger partial charge is 0.255 e. The lowest BCUT2D eigenvalue weighted by Crippen LogP contribution is -2.17. The van der Waals surface area contributed by atoms with Crippen LogP contribution in [0.1, 0.15) is 34.8 Å². The molecule has 26 heavy (non-hydrogen) atoms. The second-order valence-corrected chi connectivity index (χ2v) is 7.42. The number of carbonyl (C=O) groups is 3. The maximum absolute atomic E-state index is 12.1. The Bertz CT molecular complexity index is 801. The molecule has 0 saturated carbocycles. The van der Waals surface area contributed by atoms with Gasteiger partial charge >= 0.3 is 0 Å². The van der Waals surface area contributed by atoms with E-state index in [4.69, 9.17) is 4.74 Å². The molecule has 3 rings (SSSR count). The highest BCUT2D eigenvalue weighted by Crippen LogP contribution is 2.26. The van der Waals surface area contributed by atoms with Crippen molar-refractivity contribution in [3.05, 3.63) is 65.2 Å². The van der Waals surface area contributed by atoms with Crippen LogP contribution in [0.15, 0.2) is 48.5 Å². The molecule has 0 saturated heterocycles. The van der Waals surface area contributed by atoms with Crippen LogP contribution in [0.25, 0.3) is 0 Å². The van der Waals surface area contributed by atoms with Crippen molar-refractivity contribution in [1.29, 1.82) is 0 Å². The Morgan fingerprint density at radius 2 is 1.62 bits per heavy atom. The van der Waals surface area contributed by atoms with E-state index in [1.165, 1.54) is 11.1 Å². The van der Waals surface area contributed by atoms with Crippen molar-refractivity contribution in [2.75, 3.05) is 5.75 Å². The first-order valence-corrected chi connectivity index (χ1v) is 9.62. The largest absolute Gasteiger partial charge is 0.490 e. The van der Waals surface area contributed by atoms with E-state index < -0.39 is 10.9 Å². The first kappa shape index (κ1) is 18.4. The molecule has 0 radical (unpaired) electrons. The summed E-state index contributed by atoms with van der Waals surface area (Å²) < 4.78 is 6.01. The van der Waals surface area contributed by atoms with Crippen LogP contribution in [-0.2, 0) is 22.4 Å². The first-order chi connectivity index (χ1) is 12.6. The third-order valence-corrected chi connectivity index (χ3v) is 5.10. The summed E-state index contributed by atoms with van der Waals surface area (Å²) in [5.74, 6) is 0.226. The summed E-state index contributed by atoms with van der Waals surface area (Å²) >= 11 is 0.931. The molecule has 0 amide bonds. The fourth-order valence-electron chi connectivity index (χ4n) is 3.05. The molecule has 1 aliphatic rings. The number of benzene rings is 2. The van der Waals surface area contributed by atoms with Gasteiger partial charge in [-0.15, -0.1) is 0 Å². The van der Waals surface area contributed by atoms with Gasteiger partial charge in [0, 0.05) is 18.4 Å². The third-order valence-electron chi connectivity index (χ3n) is 4.32. The van der Waals surface area contributed by atoms with Crippen LogP contribution in [-0.4, -0.2) is 28.5 Å². The lowest BCUT2D eigenvalue weighted by molar-refractivity contribution is -0.131. The summed E-state index contributed by atoms with van der Waals surface area (Å²) in [5.41, 5.74) is 3.05. The van der Waals surface area contributed by atoms with E-state index in [2.05, 4.69) is 12.1 Å². The predicted octanol–water partition coefficient (Wildman–Crippen LogP) is 3.65. The number of Topliss-reactive ketones (excluding diaryl/α,β-unsaturated/α-hetero) is 2. The Hall–Kier alpha value is -2.40. The molecule has 0 fully saturated rings. The summed E-state index contributed by atoms with van der Waals surface area (Å²) in [5, 5.41) is -0.554. The molecule has 1 aliphatic carbocycles. The average Bonchev–Trinajstić information content (AvgIpc) is 3.04. The lowest BCUT2D eigenvalue weighted by atomic mass is 10.1. The molecule has 5 heteroatoms. The highest BCUT2D eigenvalue weighted by atomic mass is 32.2. The van der Waals surface area contributed by atoms with Crippen LogP contribution in [0.4, 0.5) is 0 Å². The molecular formula is C21H20O4S. The third kappa shape index (κ3) is 4.41. The van der Waals surface area contributed by atoms with Crippen molar-refractivity contribution in [3.8, 4) is 5.75 Å². The van der Waals surface area contributed by atoms with Crippen molar-refractivity contribution in [2.24, 2.45) is 0 Å². The summed E-state index contributed by atoms with van der Waals surface area (Å²) in [6, 6.07) is 15.1.